The first kappa shape index (κ1) is 18.7. The first-order valence-corrected chi connectivity index (χ1v) is 9.24. The van der Waals surface area contributed by atoms with Gasteiger partial charge in [0.2, 0.25) is 5.75 Å². The van der Waals surface area contributed by atoms with Gasteiger partial charge in [0.15, 0.2) is 11.5 Å². The summed E-state index contributed by atoms with van der Waals surface area (Å²) in [5.41, 5.74) is 4.17. The van der Waals surface area contributed by atoms with Crippen molar-refractivity contribution in [2.75, 3.05) is 21.3 Å². The molecule has 2 N–H and O–H groups in total. The molecule has 3 aromatic rings. The van der Waals surface area contributed by atoms with Crippen molar-refractivity contribution in [1.82, 2.24) is 0 Å². The highest BCUT2D eigenvalue weighted by molar-refractivity contribution is 5.91. The van der Waals surface area contributed by atoms with E-state index in [1.54, 1.807) is 28.3 Å². The van der Waals surface area contributed by atoms with E-state index in [4.69, 9.17) is 18.6 Å². The molecule has 0 saturated carbocycles. The number of fused-ring (bicyclic) bond motifs is 4. The molecule has 0 fully saturated rings. The summed E-state index contributed by atoms with van der Waals surface area (Å²) in [7, 11) is 4.77. The van der Waals surface area contributed by atoms with E-state index in [9.17, 15) is 10.2 Å². The zero-order valence-corrected chi connectivity index (χ0v) is 16.4. The van der Waals surface area contributed by atoms with Gasteiger partial charge in [-0.15, -0.1) is 0 Å². The zero-order chi connectivity index (χ0) is 20.0. The average molecular weight is 384 g/mol. The zero-order valence-electron chi connectivity index (χ0n) is 16.4. The molecule has 2 aromatic carbocycles. The largest absolute Gasteiger partial charge is 0.493 e. The summed E-state index contributed by atoms with van der Waals surface area (Å²) in [6.07, 6.45) is -0.118. The molecule has 0 spiro atoms. The maximum Gasteiger partial charge on any atom is 0.203 e. The van der Waals surface area contributed by atoms with Gasteiger partial charge in [0.05, 0.1) is 27.4 Å². The van der Waals surface area contributed by atoms with Crippen molar-refractivity contribution >= 4 is 11.0 Å². The molecule has 6 nitrogen and oxygen atoms in total. The van der Waals surface area contributed by atoms with E-state index in [0.29, 0.717) is 41.4 Å². The number of aliphatic hydroxyl groups is 2. The van der Waals surface area contributed by atoms with Crippen molar-refractivity contribution in [1.29, 1.82) is 0 Å². The Labute approximate surface area is 163 Å². The molecule has 4 rings (SSSR count). The molecule has 0 bridgehead atoms. The van der Waals surface area contributed by atoms with Crippen LogP contribution in [-0.4, -0.2) is 31.5 Å². The van der Waals surface area contributed by atoms with E-state index in [1.165, 1.54) is 0 Å². The van der Waals surface area contributed by atoms with Crippen LogP contribution in [0.4, 0.5) is 0 Å². The van der Waals surface area contributed by atoms with E-state index in [0.717, 1.165) is 27.6 Å². The van der Waals surface area contributed by atoms with Crippen LogP contribution < -0.4 is 14.2 Å². The molecule has 1 aliphatic rings. The van der Waals surface area contributed by atoms with Gasteiger partial charge in [-0.05, 0) is 60.7 Å². The summed E-state index contributed by atoms with van der Waals surface area (Å²) in [5.74, 6) is 2.18. The third-order valence-electron chi connectivity index (χ3n) is 5.35. The second-order valence-electron chi connectivity index (χ2n) is 7.04. The molecule has 2 unspecified atom stereocenters. The molecule has 0 saturated heterocycles. The van der Waals surface area contributed by atoms with E-state index >= 15 is 0 Å². The number of hydrogen-bond acceptors (Lipinski definition) is 6. The topological polar surface area (TPSA) is 81.3 Å². The highest BCUT2D eigenvalue weighted by atomic mass is 16.5. The molecule has 6 heteroatoms. The molecular formula is C22H24O6. The monoisotopic (exact) mass is 384 g/mol. The maximum atomic E-state index is 10.8. The standard InChI is InChI=1S/C22H24O6/c1-11(23)17-9-13-7-15-14(10-18(13)28-17)16(24)6-5-12-8-19(25-2)21(26-3)22(27-4)20(12)15/h7-11,16,23-24H,5-6H2,1-4H3. The second-order valence-corrected chi connectivity index (χ2v) is 7.04. The number of ether oxygens (including phenoxy) is 3. The van der Waals surface area contributed by atoms with E-state index in [1.807, 2.05) is 24.3 Å². The third kappa shape index (κ3) is 2.80. The van der Waals surface area contributed by atoms with Gasteiger partial charge in [0, 0.05) is 10.9 Å². The van der Waals surface area contributed by atoms with Crippen molar-refractivity contribution < 1.29 is 28.8 Å². The average Bonchev–Trinajstić information content (AvgIpc) is 3.07. The Balaban J connectivity index is 2.06. The van der Waals surface area contributed by atoms with Gasteiger partial charge in [-0.25, -0.2) is 0 Å². The molecule has 1 aromatic heterocycles. The number of aliphatic hydroxyl groups excluding tert-OH is 2. The van der Waals surface area contributed by atoms with Crippen LogP contribution in [0.5, 0.6) is 17.2 Å². The third-order valence-corrected chi connectivity index (χ3v) is 5.35. The van der Waals surface area contributed by atoms with Crippen LogP contribution in [0.1, 0.15) is 42.4 Å². The Bertz CT molecular complexity index is 1030. The molecule has 0 amide bonds. The van der Waals surface area contributed by atoms with Crippen molar-refractivity contribution in [3.8, 4) is 28.4 Å². The van der Waals surface area contributed by atoms with Gasteiger partial charge >= 0.3 is 0 Å². The molecule has 28 heavy (non-hydrogen) atoms. The van der Waals surface area contributed by atoms with Crippen molar-refractivity contribution in [2.24, 2.45) is 0 Å². The fourth-order valence-corrected chi connectivity index (χ4v) is 3.97. The van der Waals surface area contributed by atoms with E-state index in [2.05, 4.69) is 0 Å². The highest BCUT2D eigenvalue weighted by Gasteiger charge is 2.29. The minimum absolute atomic E-state index is 0.490. The summed E-state index contributed by atoms with van der Waals surface area (Å²) in [5, 5.41) is 21.5. The molecule has 2 atom stereocenters. The predicted molar refractivity (Wildman–Crippen MR) is 105 cm³/mol. The van der Waals surface area contributed by atoms with Crippen molar-refractivity contribution in [2.45, 2.75) is 32.0 Å². The van der Waals surface area contributed by atoms with Crippen LogP contribution in [0.25, 0.3) is 22.1 Å². The Morgan fingerprint density at radius 1 is 1.04 bits per heavy atom. The van der Waals surface area contributed by atoms with Crippen LogP contribution in [0.3, 0.4) is 0 Å². The lowest BCUT2D eigenvalue weighted by molar-refractivity contribution is 0.168. The molecule has 1 heterocycles. The van der Waals surface area contributed by atoms with Gasteiger partial charge < -0.3 is 28.8 Å². The lowest BCUT2D eigenvalue weighted by Crippen LogP contribution is -2.00. The highest BCUT2D eigenvalue weighted by Crippen LogP contribution is 2.51. The lowest BCUT2D eigenvalue weighted by atomic mass is 9.93. The first-order valence-electron chi connectivity index (χ1n) is 9.24. The van der Waals surface area contributed by atoms with Crippen LogP contribution in [0.2, 0.25) is 0 Å². The summed E-state index contributed by atoms with van der Waals surface area (Å²) in [6, 6.07) is 7.60. The van der Waals surface area contributed by atoms with Gasteiger partial charge in [-0.2, -0.15) is 0 Å². The number of benzene rings is 2. The number of rotatable bonds is 4. The van der Waals surface area contributed by atoms with Crippen LogP contribution in [0.15, 0.2) is 28.7 Å². The Morgan fingerprint density at radius 2 is 1.79 bits per heavy atom. The summed E-state index contributed by atoms with van der Waals surface area (Å²) >= 11 is 0. The predicted octanol–water partition coefficient (Wildman–Crippen LogP) is 4.16. The van der Waals surface area contributed by atoms with E-state index < -0.39 is 12.2 Å². The number of hydrogen-bond donors (Lipinski definition) is 2. The number of aryl methyl sites for hydroxylation is 1. The molecular weight excluding hydrogens is 360 g/mol. The van der Waals surface area contributed by atoms with Crippen LogP contribution in [0, 0.1) is 0 Å². The smallest absolute Gasteiger partial charge is 0.203 e. The van der Waals surface area contributed by atoms with Crippen molar-refractivity contribution in [3.05, 3.63) is 41.2 Å². The normalized spacial score (nSPS) is 16.9. The minimum atomic E-state index is -0.705. The molecule has 1 aliphatic carbocycles. The summed E-state index contributed by atoms with van der Waals surface area (Å²) in [4.78, 5) is 0. The quantitative estimate of drug-likeness (QED) is 0.703. The number of furan rings is 1. The molecule has 0 aliphatic heterocycles. The number of methoxy groups -OCH3 is 3. The van der Waals surface area contributed by atoms with Gasteiger partial charge in [-0.3, -0.25) is 0 Å². The lowest BCUT2D eigenvalue weighted by Gasteiger charge is -2.19. The van der Waals surface area contributed by atoms with Crippen LogP contribution >= 0.6 is 0 Å². The van der Waals surface area contributed by atoms with Crippen LogP contribution in [-0.2, 0) is 6.42 Å². The Hall–Kier alpha value is -2.70. The molecule has 148 valence electrons. The van der Waals surface area contributed by atoms with E-state index in [-0.39, 0.29) is 0 Å². The maximum absolute atomic E-state index is 10.8. The molecule has 0 radical (unpaired) electrons. The second kappa shape index (κ2) is 7.04. The van der Waals surface area contributed by atoms with Gasteiger partial charge in [0.25, 0.3) is 0 Å². The Kier molecular flexibility index (Phi) is 4.69. The summed E-state index contributed by atoms with van der Waals surface area (Å²) in [6.45, 7) is 1.66. The van der Waals surface area contributed by atoms with Gasteiger partial charge in [0.1, 0.15) is 17.4 Å². The summed E-state index contributed by atoms with van der Waals surface area (Å²) < 4.78 is 22.6. The minimum Gasteiger partial charge on any atom is -0.493 e. The fourth-order valence-electron chi connectivity index (χ4n) is 3.97. The first-order chi connectivity index (χ1) is 13.5. The SMILES string of the molecule is COc1cc2c(c(OC)c1OC)-c1cc3cc(C(C)O)oc3cc1C(O)CC2. The Morgan fingerprint density at radius 3 is 2.43 bits per heavy atom. The fraction of sp³-hybridized carbons (Fsp3) is 0.364. The van der Waals surface area contributed by atoms with Crippen molar-refractivity contribution in [3.63, 3.8) is 0 Å². The van der Waals surface area contributed by atoms with Gasteiger partial charge in [-0.1, -0.05) is 0 Å².